The maximum Gasteiger partial charge on any atom is 0.255 e. The van der Waals surface area contributed by atoms with Gasteiger partial charge in [0.2, 0.25) is 0 Å². The van der Waals surface area contributed by atoms with Gasteiger partial charge >= 0.3 is 0 Å². The number of aliphatic hydroxyl groups is 1. The van der Waals surface area contributed by atoms with E-state index in [1.807, 2.05) is 0 Å². The van der Waals surface area contributed by atoms with Crippen LogP contribution in [0.15, 0.2) is 30.7 Å². The highest BCUT2D eigenvalue weighted by molar-refractivity contribution is 5.82. The van der Waals surface area contributed by atoms with Gasteiger partial charge in [-0.3, -0.25) is 4.79 Å². The lowest BCUT2D eigenvalue weighted by Gasteiger charge is -2.28. The standard InChI is InChI=1S/C19H25N3O2/c1-12(2)14-8-7-13-5-4-6-16(15(13)9-14)21-19(24)18(23)17-10-20-11-22(17)3/h7-12,16,18,23H,4-6H2,1-3H3,(H,21,24)/t16-,18-/m1/s1. The maximum absolute atomic E-state index is 12.5. The molecule has 1 aromatic carbocycles. The molecule has 1 amide bonds. The Hall–Kier alpha value is -2.14. The second-order valence-corrected chi connectivity index (χ2v) is 6.90. The first-order chi connectivity index (χ1) is 11.5. The van der Waals surface area contributed by atoms with E-state index in [2.05, 4.69) is 42.3 Å². The largest absolute Gasteiger partial charge is 0.377 e. The number of carbonyl (C=O) groups excluding carboxylic acids is 1. The van der Waals surface area contributed by atoms with Crippen LogP contribution in [0.1, 0.15) is 67.1 Å². The highest BCUT2D eigenvalue weighted by Gasteiger charge is 2.27. The molecule has 0 unspecified atom stereocenters. The monoisotopic (exact) mass is 327 g/mol. The maximum atomic E-state index is 12.5. The van der Waals surface area contributed by atoms with E-state index in [0.717, 1.165) is 19.3 Å². The molecule has 0 spiro atoms. The van der Waals surface area contributed by atoms with E-state index in [1.165, 1.54) is 22.9 Å². The molecule has 1 aromatic heterocycles. The Labute approximate surface area is 142 Å². The summed E-state index contributed by atoms with van der Waals surface area (Å²) in [6, 6.07) is 6.53. The molecule has 2 N–H and O–H groups in total. The normalized spacial score (nSPS) is 18.3. The van der Waals surface area contributed by atoms with Crippen molar-refractivity contribution in [3.8, 4) is 0 Å². The van der Waals surface area contributed by atoms with E-state index in [-0.39, 0.29) is 11.9 Å². The summed E-state index contributed by atoms with van der Waals surface area (Å²) in [4.78, 5) is 16.5. The Morgan fingerprint density at radius 2 is 2.21 bits per heavy atom. The van der Waals surface area contributed by atoms with Gasteiger partial charge in [0.15, 0.2) is 6.10 Å². The van der Waals surface area contributed by atoms with Gasteiger partial charge in [-0.15, -0.1) is 0 Å². The number of rotatable bonds is 4. The Morgan fingerprint density at radius 1 is 1.42 bits per heavy atom. The minimum absolute atomic E-state index is 0.0390. The number of imidazole rings is 1. The summed E-state index contributed by atoms with van der Waals surface area (Å²) in [5.74, 6) is 0.0833. The number of nitrogens with zero attached hydrogens (tertiary/aromatic N) is 2. The van der Waals surface area contributed by atoms with Crippen LogP contribution in [0.25, 0.3) is 0 Å². The zero-order chi connectivity index (χ0) is 17.3. The SMILES string of the molecule is CC(C)c1ccc2c(c1)[C@H](NC(=O)[C@H](O)c1cncn1C)CCC2. The molecule has 2 atom stereocenters. The Kier molecular flexibility index (Phi) is 4.71. The van der Waals surface area contributed by atoms with Crippen LogP contribution in [0.3, 0.4) is 0 Å². The number of nitrogens with one attached hydrogen (secondary N) is 1. The van der Waals surface area contributed by atoms with Crippen LogP contribution >= 0.6 is 0 Å². The van der Waals surface area contributed by atoms with E-state index in [9.17, 15) is 9.90 Å². The number of carbonyl (C=O) groups is 1. The number of aromatic nitrogens is 2. The van der Waals surface area contributed by atoms with Gasteiger partial charge in [0.1, 0.15) is 0 Å². The fourth-order valence-corrected chi connectivity index (χ4v) is 3.34. The van der Waals surface area contributed by atoms with Crippen LogP contribution in [0.4, 0.5) is 0 Å². The number of aliphatic hydroxyl groups excluding tert-OH is 1. The first-order valence-corrected chi connectivity index (χ1v) is 8.54. The molecule has 128 valence electrons. The zero-order valence-corrected chi connectivity index (χ0v) is 14.5. The molecule has 0 saturated heterocycles. The zero-order valence-electron chi connectivity index (χ0n) is 14.5. The number of amides is 1. The molecular weight excluding hydrogens is 302 g/mol. The summed E-state index contributed by atoms with van der Waals surface area (Å²) in [7, 11) is 1.77. The van der Waals surface area contributed by atoms with Crippen molar-refractivity contribution < 1.29 is 9.90 Å². The molecule has 3 rings (SSSR count). The van der Waals surface area contributed by atoms with Crippen molar-refractivity contribution in [3.05, 3.63) is 53.1 Å². The Balaban J connectivity index is 1.80. The van der Waals surface area contributed by atoms with Gasteiger partial charge in [-0.05, 0) is 41.9 Å². The van der Waals surface area contributed by atoms with Crippen molar-refractivity contribution in [1.29, 1.82) is 0 Å². The number of hydrogen-bond donors (Lipinski definition) is 2. The second kappa shape index (κ2) is 6.77. The quantitative estimate of drug-likeness (QED) is 0.907. The highest BCUT2D eigenvalue weighted by Crippen LogP contribution is 2.32. The van der Waals surface area contributed by atoms with Crippen LogP contribution in [0, 0.1) is 0 Å². The van der Waals surface area contributed by atoms with Crippen LogP contribution in [0.2, 0.25) is 0 Å². The summed E-state index contributed by atoms with van der Waals surface area (Å²) in [6.07, 6.45) is 4.90. The molecule has 24 heavy (non-hydrogen) atoms. The molecule has 5 nitrogen and oxygen atoms in total. The first-order valence-electron chi connectivity index (χ1n) is 8.54. The van der Waals surface area contributed by atoms with Crippen LogP contribution < -0.4 is 5.32 Å². The van der Waals surface area contributed by atoms with Crippen molar-refractivity contribution in [2.45, 2.75) is 51.2 Å². The first kappa shape index (κ1) is 16.7. The lowest BCUT2D eigenvalue weighted by atomic mass is 9.85. The predicted molar refractivity (Wildman–Crippen MR) is 92.5 cm³/mol. The number of hydrogen-bond acceptors (Lipinski definition) is 3. The van der Waals surface area contributed by atoms with Crippen molar-refractivity contribution in [3.63, 3.8) is 0 Å². The summed E-state index contributed by atoms with van der Waals surface area (Å²) in [5.41, 5.74) is 4.27. The van der Waals surface area contributed by atoms with E-state index < -0.39 is 6.10 Å². The predicted octanol–water partition coefficient (Wildman–Crippen LogP) is 2.77. The van der Waals surface area contributed by atoms with Gasteiger partial charge in [-0.1, -0.05) is 32.0 Å². The summed E-state index contributed by atoms with van der Waals surface area (Å²) in [5, 5.41) is 13.3. The molecular formula is C19H25N3O2. The van der Waals surface area contributed by atoms with Gasteiger partial charge in [-0.2, -0.15) is 0 Å². The van der Waals surface area contributed by atoms with E-state index in [1.54, 1.807) is 17.9 Å². The molecule has 0 aliphatic heterocycles. The van der Waals surface area contributed by atoms with Gasteiger partial charge in [0, 0.05) is 7.05 Å². The summed E-state index contributed by atoms with van der Waals surface area (Å²) >= 11 is 0. The topological polar surface area (TPSA) is 67.2 Å². The molecule has 1 heterocycles. The Bertz CT molecular complexity index is 736. The smallest absolute Gasteiger partial charge is 0.255 e. The molecule has 5 heteroatoms. The van der Waals surface area contributed by atoms with E-state index >= 15 is 0 Å². The van der Waals surface area contributed by atoms with E-state index in [0.29, 0.717) is 11.6 Å². The fourth-order valence-electron chi connectivity index (χ4n) is 3.34. The molecule has 0 fully saturated rings. The minimum Gasteiger partial charge on any atom is -0.377 e. The van der Waals surface area contributed by atoms with Gasteiger partial charge in [0.25, 0.3) is 5.91 Å². The van der Waals surface area contributed by atoms with Crippen LogP contribution in [-0.4, -0.2) is 20.6 Å². The third-order valence-corrected chi connectivity index (χ3v) is 4.85. The average Bonchev–Trinajstić information content (AvgIpc) is 3.00. The highest BCUT2D eigenvalue weighted by atomic mass is 16.3. The van der Waals surface area contributed by atoms with Crippen molar-refractivity contribution in [2.24, 2.45) is 7.05 Å². The molecule has 0 radical (unpaired) electrons. The third-order valence-electron chi connectivity index (χ3n) is 4.85. The van der Waals surface area contributed by atoms with Gasteiger partial charge in [0.05, 0.1) is 24.3 Å². The van der Waals surface area contributed by atoms with Crippen LogP contribution in [-0.2, 0) is 18.3 Å². The van der Waals surface area contributed by atoms with Crippen LogP contribution in [0.5, 0.6) is 0 Å². The molecule has 0 saturated carbocycles. The van der Waals surface area contributed by atoms with Crippen molar-refractivity contribution >= 4 is 5.91 Å². The Morgan fingerprint density at radius 3 is 2.88 bits per heavy atom. The molecule has 1 aliphatic rings. The van der Waals surface area contributed by atoms with Gasteiger partial charge in [-0.25, -0.2) is 4.98 Å². The number of benzene rings is 1. The number of fused-ring (bicyclic) bond motifs is 1. The summed E-state index contributed by atoms with van der Waals surface area (Å²) < 4.78 is 1.66. The summed E-state index contributed by atoms with van der Waals surface area (Å²) in [6.45, 7) is 4.34. The molecule has 1 aliphatic carbocycles. The van der Waals surface area contributed by atoms with E-state index in [4.69, 9.17) is 0 Å². The number of aryl methyl sites for hydroxylation is 2. The lowest BCUT2D eigenvalue weighted by molar-refractivity contribution is -0.130. The second-order valence-electron chi connectivity index (χ2n) is 6.90. The van der Waals surface area contributed by atoms with Gasteiger partial charge < -0.3 is 15.0 Å². The van der Waals surface area contributed by atoms with Crippen molar-refractivity contribution in [2.75, 3.05) is 0 Å². The average molecular weight is 327 g/mol. The minimum atomic E-state index is -1.20. The van der Waals surface area contributed by atoms with Crippen molar-refractivity contribution in [1.82, 2.24) is 14.9 Å². The molecule has 2 aromatic rings. The molecule has 0 bridgehead atoms. The fraction of sp³-hybridized carbons (Fsp3) is 0.474. The lowest BCUT2D eigenvalue weighted by Crippen LogP contribution is -2.35. The third kappa shape index (κ3) is 3.22.